The first-order valence-electron chi connectivity index (χ1n) is 9.41. The van der Waals surface area contributed by atoms with Crippen LogP contribution in [0.15, 0.2) is 46.6 Å². The van der Waals surface area contributed by atoms with E-state index < -0.39 is 0 Å². The summed E-state index contributed by atoms with van der Waals surface area (Å²) in [7, 11) is 0. The molecular weight excluding hydrogens is 276 g/mol. The van der Waals surface area contributed by atoms with Crippen LogP contribution < -0.4 is 0 Å². The van der Waals surface area contributed by atoms with Crippen LogP contribution in [0.25, 0.3) is 0 Å². The minimum atomic E-state index is 0.786. The van der Waals surface area contributed by atoms with Gasteiger partial charge in [0.2, 0.25) is 0 Å². The molecule has 0 bridgehead atoms. The van der Waals surface area contributed by atoms with E-state index in [2.05, 4.69) is 72.8 Å². The first kappa shape index (κ1) is 22.0. The summed E-state index contributed by atoms with van der Waals surface area (Å²) in [6, 6.07) is 0. The van der Waals surface area contributed by atoms with E-state index in [0.717, 1.165) is 5.92 Å². The predicted octanol–water partition coefficient (Wildman–Crippen LogP) is 8.18. The van der Waals surface area contributed by atoms with Crippen LogP contribution in [-0.2, 0) is 0 Å². The molecule has 1 atom stereocenters. The van der Waals surface area contributed by atoms with E-state index in [0.29, 0.717) is 0 Å². The smallest absolute Gasteiger partial charge is 0.0288 e. The second kappa shape index (κ2) is 13.4. The molecule has 0 aliphatic carbocycles. The van der Waals surface area contributed by atoms with E-state index in [-0.39, 0.29) is 0 Å². The Hall–Kier alpha value is -1.04. The van der Waals surface area contributed by atoms with E-state index in [1.165, 1.54) is 56.1 Å². The molecule has 1 unspecified atom stereocenters. The van der Waals surface area contributed by atoms with Gasteiger partial charge in [-0.05, 0) is 92.4 Å². The summed E-state index contributed by atoms with van der Waals surface area (Å²) >= 11 is 0. The molecule has 0 spiro atoms. The third-order valence-corrected chi connectivity index (χ3v) is 4.52. The van der Waals surface area contributed by atoms with E-state index in [9.17, 15) is 0 Å². The normalized spacial score (nSPS) is 14.8. The maximum atomic E-state index is 2.46. The Morgan fingerprint density at radius 1 is 0.739 bits per heavy atom. The molecule has 0 aliphatic heterocycles. The zero-order valence-corrected chi connectivity index (χ0v) is 16.8. The summed E-state index contributed by atoms with van der Waals surface area (Å²) in [5, 5.41) is 0. The molecule has 0 nitrogen and oxygen atoms in total. The third kappa shape index (κ3) is 14.3. The Kier molecular flexibility index (Phi) is 12.8. The lowest BCUT2D eigenvalue weighted by Gasteiger charge is -2.10. The van der Waals surface area contributed by atoms with Crippen molar-refractivity contribution in [3.05, 3.63) is 46.6 Å². The highest BCUT2D eigenvalue weighted by Gasteiger charge is 2.01. The molecule has 0 aromatic rings. The molecule has 0 heterocycles. The van der Waals surface area contributed by atoms with Crippen molar-refractivity contribution in [3.8, 4) is 0 Å². The largest absolute Gasteiger partial charge is 0.0887 e. The Balaban J connectivity index is 3.98. The lowest BCUT2D eigenvalue weighted by molar-refractivity contribution is 0.536. The summed E-state index contributed by atoms with van der Waals surface area (Å²) in [5.41, 5.74) is 6.03. The Morgan fingerprint density at radius 3 is 1.91 bits per heavy atom. The van der Waals surface area contributed by atoms with Gasteiger partial charge in [0, 0.05) is 0 Å². The number of hydrogen-bond acceptors (Lipinski definition) is 0. The average molecular weight is 317 g/mol. The fourth-order valence-corrected chi connectivity index (χ4v) is 2.48. The van der Waals surface area contributed by atoms with Gasteiger partial charge in [-0.2, -0.15) is 0 Å². The van der Waals surface area contributed by atoms with Crippen LogP contribution in [0.1, 0.15) is 93.4 Å². The fourth-order valence-electron chi connectivity index (χ4n) is 2.48. The van der Waals surface area contributed by atoms with Gasteiger partial charge in [0.05, 0.1) is 0 Å². The van der Waals surface area contributed by atoms with Crippen molar-refractivity contribution in [2.45, 2.75) is 93.4 Å². The molecule has 0 aromatic heterocycles. The maximum absolute atomic E-state index is 2.46. The van der Waals surface area contributed by atoms with Crippen molar-refractivity contribution in [3.63, 3.8) is 0 Å². The Bertz CT molecular complexity index is 425. The number of hydrogen-bond donors (Lipinski definition) is 0. The van der Waals surface area contributed by atoms with Gasteiger partial charge in [-0.25, -0.2) is 0 Å². The lowest BCUT2D eigenvalue weighted by Crippen LogP contribution is -1.94. The van der Waals surface area contributed by atoms with Gasteiger partial charge >= 0.3 is 0 Å². The second-order valence-electron chi connectivity index (χ2n) is 7.47. The van der Waals surface area contributed by atoms with E-state index >= 15 is 0 Å². The maximum Gasteiger partial charge on any atom is -0.0288 e. The van der Waals surface area contributed by atoms with Crippen LogP contribution in [0.2, 0.25) is 0 Å². The molecule has 0 saturated carbocycles. The number of allylic oxidation sites excluding steroid dienone is 8. The first-order chi connectivity index (χ1) is 10.8. The standard InChI is InChI=1S/C23H40/c1-8-20(4)12-10-14-22(6)16-18-23(7)17-15-21(5)13-9-11-19(2)3/h8,11,14-15,23H,9-10,12-13,16-18H2,1-7H3. The van der Waals surface area contributed by atoms with Crippen molar-refractivity contribution in [2.24, 2.45) is 5.92 Å². The van der Waals surface area contributed by atoms with Crippen molar-refractivity contribution in [1.29, 1.82) is 0 Å². The fraction of sp³-hybridized carbons (Fsp3) is 0.652. The molecule has 0 heteroatoms. The highest BCUT2D eigenvalue weighted by Crippen LogP contribution is 2.18. The zero-order valence-electron chi connectivity index (χ0n) is 16.8. The van der Waals surface area contributed by atoms with Crippen LogP contribution in [0.5, 0.6) is 0 Å². The molecule has 23 heavy (non-hydrogen) atoms. The summed E-state index contributed by atoms with van der Waals surface area (Å²) in [5.74, 6) is 0.786. The van der Waals surface area contributed by atoms with Gasteiger partial charge < -0.3 is 0 Å². The van der Waals surface area contributed by atoms with Gasteiger partial charge in [-0.15, -0.1) is 0 Å². The van der Waals surface area contributed by atoms with Gasteiger partial charge in [0.25, 0.3) is 0 Å². The topological polar surface area (TPSA) is 0 Å². The van der Waals surface area contributed by atoms with Crippen molar-refractivity contribution >= 4 is 0 Å². The Labute approximate surface area is 146 Å². The molecule has 0 amide bonds. The molecule has 132 valence electrons. The molecule has 0 aliphatic rings. The molecule has 0 radical (unpaired) electrons. The van der Waals surface area contributed by atoms with Crippen molar-refractivity contribution < 1.29 is 0 Å². The van der Waals surface area contributed by atoms with Gasteiger partial charge in [0.15, 0.2) is 0 Å². The SMILES string of the molecule is CC=C(C)CCC=C(C)CCC(C)CC=C(C)CCC=C(C)C. The van der Waals surface area contributed by atoms with Crippen LogP contribution in [-0.4, -0.2) is 0 Å². The van der Waals surface area contributed by atoms with Crippen LogP contribution in [0.4, 0.5) is 0 Å². The second-order valence-corrected chi connectivity index (χ2v) is 7.47. The van der Waals surface area contributed by atoms with Crippen LogP contribution in [0.3, 0.4) is 0 Å². The van der Waals surface area contributed by atoms with E-state index in [1.54, 1.807) is 11.1 Å². The molecule has 0 saturated heterocycles. The van der Waals surface area contributed by atoms with E-state index in [1.807, 2.05) is 0 Å². The highest BCUT2D eigenvalue weighted by atomic mass is 14.1. The molecule has 0 rings (SSSR count). The average Bonchev–Trinajstić information content (AvgIpc) is 2.50. The summed E-state index contributed by atoms with van der Waals surface area (Å²) in [6.45, 7) is 15.7. The van der Waals surface area contributed by atoms with E-state index in [4.69, 9.17) is 0 Å². The van der Waals surface area contributed by atoms with Crippen molar-refractivity contribution in [2.75, 3.05) is 0 Å². The quantitative estimate of drug-likeness (QED) is 0.337. The molecule has 0 N–H and O–H groups in total. The summed E-state index contributed by atoms with van der Waals surface area (Å²) < 4.78 is 0. The minimum absolute atomic E-state index is 0.786. The molecule has 0 aromatic carbocycles. The van der Waals surface area contributed by atoms with Crippen molar-refractivity contribution in [1.82, 2.24) is 0 Å². The molecule has 0 fully saturated rings. The monoisotopic (exact) mass is 316 g/mol. The third-order valence-electron chi connectivity index (χ3n) is 4.52. The highest BCUT2D eigenvalue weighted by molar-refractivity contribution is 5.04. The summed E-state index contributed by atoms with van der Waals surface area (Å²) in [6.07, 6.45) is 18.0. The van der Waals surface area contributed by atoms with Gasteiger partial charge in [0.1, 0.15) is 0 Å². The molecular formula is C23H40. The Morgan fingerprint density at radius 2 is 1.30 bits per heavy atom. The van der Waals surface area contributed by atoms with Gasteiger partial charge in [-0.1, -0.05) is 53.5 Å². The van der Waals surface area contributed by atoms with Crippen LogP contribution in [0, 0.1) is 5.92 Å². The lowest BCUT2D eigenvalue weighted by atomic mass is 9.96. The first-order valence-corrected chi connectivity index (χ1v) is 9.41. The zero-order chi connectivity index (χ0) is 17.7. The van der Waals surface area contributed by atoms with Gasteiger partial charge in [-0.3, -0.25) is 0 Å². The summed E-state index contributed by atoms with van der Waals surface area (Å²) in [4.78, 5) is 0. The predicted molar refractivity (Wildman–Crippen MR) is 108 cm³/mol. The van der Waals surface area contributed by atoms with Crippen LogP contribution >= 0.6 is 0 Å². The number of rotatable bonds is 11. The minimum Gasteiger partial charge on any atom is -0.0887 e.